The highest BCUT2D eigenvalue weighted by atomic mass is 32.2. The van der Waals surface area contributed by atoms with E-state index < -0.39 is 0 Å². The summed E-state index contributed by atoms with van der Waals surface area (Å²) in [4.78, 5) is 3.27. The van der Waals surface area contributed by atoms with Crippen molar-refractivity contribution in [2.45, 2.75) is 26.3 Å². The van der Waals surface area contributed by atoms with Gasteiger partial charge in [0.25, 0.3) is 0 Å². The summed E-state index contributed by atoms with van der Waals surface area (Å²) in [7, 11) is 0. The van der Waals surface area contributed by atoms with E-state index in [0.29, 0.717) is 0 Å². The zero-order valence-corrected chi connectivity index (χ0v) is 12.0. The Bertz CT molecular complexity index is 554. The third-order valence-corrected chi connectivity index (χ3v) is 3.93. The maximum Gasteiger partial charge on any atom is 0.178 e. The standard InChI is InChI=1S/C13H18N2S2/c1-10-5-6-11-12(9-10)15(13(16)14-11)7-3-4-8-17-2/h5-6,9H,3-4,7-8H2,1-2H3,(H,14,16). The second kappa shape index (κ2) is 5.74. The Morgan fingerprint density at radius 1 is 1.35 bits per heavy atom. The van der Waals surface area contributed by atoms with Gasteiger partial charge < -0.3 is 9.55 Å². The normalized spacial score (nSPS) is 11.2. The third-order valence-electron chi connectivity index (χ3n) is 2.91. The van der Waals surface area contributed by atoms with Crippen molar-refractivity contribution in [1.82, 2.24) is 9.55 Å². The fraction of sp³-hybridized carbons (Fsp3) is 0.462. The van der Waals surface area contributed by atoms with E-state index in [2.05, 4.69) is 40.9 Å². The quantitative estimate of drug-likeness (QED) is 0.648. The molecule has 2 rings (SSSR count). The number of rotatable bonds is 5. The molecule has 1 heterocycles. The van der Waals surface area contributed by atoms with Gasteiger partial charge in [0.1, 0.15) is 0 Å². The minimum Gasteiger partial charge on any atom is -0.331 e. The number of aryl methyl sites for hydroxylation is 2. The SMILES string of the molecule is CSCCCCn1c(=S)[nH]c2ccc(C)cc21. The summed E-state index contributed by atoms with van der Waals surface area (Å²) >= 11 is 7.28. The molecular formula is C13H18N2S2. The predicted octanol–water partition coefficient (Wildman–Crippen LogP) is 4.15. The molecular weight excluding hydrogens is 248 g/mol. The molecule has 1 aromatic carbocycles. The van der Waals surface area contributed by atoms with E-state index in [1.807, 2.05) is 11.8 Å². The first-order valence-corrected chi connectivity index (χ1v) is 7.70. The minimum absolute atomic E-state index is 0.842. The van der Waals surface area contributed by atoms with Crippen molar-refractivity contribution in [1.29, 1.82) is 0 Å². The Balaban J connectivity index is 2.23. The van der Waals surface area contributed by atoms with Gasteiger partial charge in [-0.25, -0.2) is 0 Å². The Morgan fingerprint density at radius 2 is 2.18 bits per heavy atom. The molecule has 1 aromatic heterocycles. The van der Waals surface area contributed by atoms with Crippen molar-refractivity contribution in [3.05, 3.63) is 28.5 Å². The van der Waals surface area contributed by atoms with Crippen molar-refractivity contribution in [2.24, 2.45) is 0 Å². The molecule has 0 amide bonds. The number of thioether (sulfide) groups is 1. The molecule has 0 aliphatic rings. The average Bonchev–Trinajstić information content (AvgIpc) is 2.61. The summed E-state index contributed by atoms with van der Waals surface area (Å²) in [6.45, 7) is 3.14. The van der Waals surface area contributed by atoms with Gasteiger partial charge in [-0.3, -0.25) is 0 Å². The number of unbranched alkanes of at least 4 members (excludes halogenated alkanes) is 1. The van der Waals surface area contributed by atoms with Crippen LogP contribution in [-0.2, 0) is 6.54 Å². The lowest BCUT2D eigenvalue weighted by atomic mass is 10.2. The Hall–Kier alpha value is -0.740. The van der Waals surface area contributed by atoms with E-state index in [-0.39, 0.29) is 0 Å². The number of imidazole rings is 1. The lowest BCUT2D eigenvalue weighted by molar-refractivity contribution is 0.643. The molecule has 17 heavy (non-hydrogen) atoms. The van der Waals surface area contributed by atoms with Crippen LogP contribution < -0.4 is 0 Å². The Morgan fingerprint density at radius 3 is 2.94 bits per heavy atom. The summed E-state index contributed by atoms with van der Waals surface area (Å²) in [5.41, 5.74) is 3.66. The summed E-state index contributed by atoms with van der Waals surface area (Å²) < 4.78 is 3.06. The predicted molar refractivity (Wildman–Crippen MR) is 79.5 cm³/mol. The Kier molecular flexibility index (Phi) is 4.29. The second-order valence-electron chi connectivity index (χ2n) is 4.30. The summed E-state index contributed by atoms with van der Waals surface area (Å²) in [6, 6.07) is 6.43. The van der Waals surface area contributed by atoms with Crippen LogP contribution in [0.25, 0.3) is 11.0 Å². The minimum atomic E-state index is 0.842. The number of aromatic nitrogens is 2. The highest BCUT2D eigenvalue weighted by Crippen LogP contribution is 2.16. The van der Waals surface area contributed by atoms with Crippen LogP contribution in [0.1, 0.15) is 18.4 Å². The van der Waals surface area contributed by atoms with Crippen LogP contribution in [0.15, 0.2) is 18.2 Å². The molecule has 0 aliphatic heterocycles. The highest BCUT2D eigenvalue weighted by Gasteiger charge is 2.03. The summed E-state index contributed by atoms with van der Waals surface area (Å²) in [6.07, 6.45) is 4.60. The number of nitrogens with one attached hydrogen (secondary N) is 1. The lowest BCUT2D eigenvalue weighted by Crippen LogP contribution is -1.98. The van der Waals surface area contributed by atoms with Gasteiger partial charge >= 0.3 is 0 Å². The number of benzene rings is 1. The number of hydrogen-bond acceptors (Lipinski definition) is 2. The number of aromatic amines is 1. The molecule has 0 aliphatic carbocycles. The van der Waals surface area contributed by atoms with Gasteiger partial charge in [-0.1, -0.05) is 6.07 Å². The van der Waals surface area contributed by atoms with Gasteiger partial charge in [0.05, 0.1) is 11.0 Å². The van der Waals surface area contributed by atoms with Gasteiger partial charge in [-0.05, 0) is 61.7 Å². The van der Waals surface area contributed by atoms with Gasteiger partial charge in [-0.2, -0.15) is 11.8 Å². The third kappa shape index (κ3) is 2.93. The first kappa shape index (κ1) is 12.7. The first-order valence-electron chi connectivity index (χ1n) is 5.90. The van der Waals surface area contributed by atoms with E-state index >= 15 is 0 Å². The summed E-state index contributed by atoms with van der Waals surface area (Å²) in [5, 5.41) is 0. The van der Waals surface area contributed by atoms with Crippen molar-refractivity contribution in [3.63, 3.8) is 0 Å². The highest BCUT2D eigenvalue weighted by molar-refractivity contribution is 7.98. The van der Waals surface area contributed by atoms with Crippen LogP contribution in [0, 0.1) is 11.7 Å². The van der Waals surface area contributed by atoms with E-state index in [0.717, 1.165) is 16.8 Å². The molecule has 0 bridgehead atoms. The maximum atomic E-state index is 5.38. The zero-order valence-electron chi connectivity index (χ0n) is 10.3. The van der Waals surface area contributed by atoms with E-state index in [4.69, 9.17) is 12.2 Å². The molecule has 0 saturated carbocycles. The summed E-state index contributed by atoms with van der Waals surface area (Å²) in [5.74, 6) is 1.23. The molecule has 1 N–H and O–H groups in total. The molecule has 4 heteroatoms. The van der Waals surface area contributed by atoms with Crippen molar-refractivity contribution < 1.29 is 0 Å². The largest absolute Gasteiger partial charge is 0.331 e. The fourth-order valence-electron chi connectivity index (χ4n) is 2.00. The van der Waals surface area contributed by atoms with Gasteiger partial charge in [0.2, 0.25) is 0 Å². The second-order valence-corrected chi connectivity index (χ2v) is 5.67. The van der Waals surface area contributed by atoms with Crippen LogP contribution in [0.3, 0.4) is 0 Å². The topological polar surface area (TPSA) is 20.7 Å². The molecule has 0 saturated heterocycles. The fourth-order valence-corrected chi connectivity index (χ4v) is 2.79. The number of hydrogen-bond donors (Lipinski definition) is 1. The molecule has 0 radical (unpaired) electrons. The molecule has 0 spiro atoms. The van der Waals surface area contributed by atoms with Crippen LogP contribution in [0.4, 0.5) is 0 Å². The van der Waals surface area contributed by atoms with Crippen molar-refractivity contribution in [3.8, 4) is 0 Å². The van der Waals surface area contributed by atoms with Gasteiger partial charge in [-0.15, -0.1) is 0 Å². The first-order chi connectivity index (χ1) is 8.22. The van der Waals surface area contributed by atoms with Crippen LogP contribution in [-0.4, -0.2) is 21.6 Å². The maximum absolute atomic E-state index is 5.38. The number of fused-ring (bicyclic) bond motifs is 1. The number of H-pyrrole nitrogens is 1. The number of nitrogens with zero attached hydrogens (tertiary/aromatic N) is 1. The van der Waals surface area contributed by atoms with Crippen LogP contribution in [0.2, 0.25) is 0 Å². The smallest absolute Gasteiger partial charge is 0.178 e. The van der Waals surface area contributed by atoms with Crippen LogP contribution in [0.5, 0.6) is 0 Å². The molecule has 92 valence electrons. The van der Waals surface area contributed by atoms with E-state index in [1.165, 1.54) is 29.7 Å². The van der Waals surface area contributed by atoms with Crippen molar-refractivity contribution in [2.75, 3.05) is 12.0 Å². The molecule has 2 nitrogen and oxygen atoms in total. The van der Waals surface area contributed by atoms with E-state index in [1.54, 1.807) is 0 Å². The monoisotopic (exact) mass is 266 g/mol. The zero-order chi connectivity index (χ0) is 12.3. The van der Waals surface area contributed by atoms with Gasteiger partial charge in [0.15, 0.2) is 4.77 Å². The lowest BCUT2D eigenvalue weighted by Gasteiger charge is -2.04. The molecule has 0 unspecified atom stereocenters. The van der Waals surface area contributed by atoms with Gasteiger partial charge in [0, 0.05) is 6.54 Å². The molecule has 2 aromatic rings. The van der Waals surface area contributed by atoms with Crippen LogP contribution >= 0.6 is 24.0 Å². The molecule has 0 atom stereocenters. The molecule has 0 fully saturated rings. The Labute approximate surface area is 111 Å². The van der Waals surface area contributed by atoms with Crippen molar-refractivity contribution >= 4 is 35.0 Å². The van der Waals surface area contributed by atoms with E-state index in [9.17, 15) is 0 Å². The average molecular weight is 266 g/mol.